The monoisotopic (exact) mass is 184 g/mol. The zero-order valence-corrected chi connectivity index (χ0v) is 9.72. The zero-order chi connectivity index (χ0) is 10.1. The highest BCUT2D eigenvalue weighted by atomic mass is 15.1. The predicted octanol–water partition coefficient (Wildman–Crippen LogP) is 1.86. The quantitative estimate of drug-likeness (QED) is 0.717. The molecule has 0 aliphatic heterocycles. The minimum Gasteiger partial charge on any atom is -0.309 e. The van der Waals surface area contributed by atoms with Gasteiger partial charge in [0.15, 0.2) is 0 Å². The summed E-state index contributed by atoms with van der Waals surface area (Å²) in [6, 6.07) is 1.56. The van der Waals surface area contributed by atoms with Crippen molar-refractivity contribution in [1.82, 2.24) is 10.2 Å². The van der Waals surface area contributed by atoms with Gasteiger partial charge in [0.2, 0.25) is 0 Å². The van der Waals surface area contributed by atoms with E-state index in [2.05, 4.69) is 45.1 Å². The summed E-state index contributed by atoms with van der Waals surface area (Å²) in [5.74, 6) is 0. The summed E-state index contributed by atoms with van der Waals surface area (Å²) >= 11 is 0. The molecule has 0 radical (unpaired) electrons. The Morgan fingerprint density at radius 2 is 1.85 bits per heavy atom. The predicted molar refractivity (Wildman–Crippen MR) is 58.0 cm³/mol. The van der Waals surface area contributed by atoms with Crippen LogP contribution in [0.5, 0.6) is 0 Å². The van der Waals surface area contributed by atoms with Gasteiger partial charge in [0.1, 0.15) is 0 Å². The molecule has 78 valence electrons. The molecule has 0 amide bonds. The van der Waals surface area contributed by atoms with Crippen molar-refractivity contribution in [3.63, 3.8) is 0 Å². The standard InChI is InChI=1S/C11H24N2/c1-6-11(2,3)12-9-7-10(8-9)13(4)5/h9-10,12H,6-8H2,1-5H3/t9-,10-. The molecule has 1 fully saturated rings. The van der Waals surface area contributed by atoms with E-state index in [0.717, 1.165) is 12.1 Å². The topological polar surface area (TPSA) is 15.3 Å². The van der Waals surface area contributed by atoms with Crippen LogP contribution in [-0.4, -0.2) is 36.6 Å². The highest BCUT2D eigenvalue weighted by Crippen LogP contribution is 2.26. The van der Waals surface area contributed by atoms with Crippen molar-refractivity contribution >= 4 is 0 Å². The summed E-state index contributed by atoms with van der Waals surface area (Å²) in [7, 11) is 4.34. The van der Waals surface area contributed by atoms with Crippen LogP contribution in [0.1, 0.15) is 40.0 Å². The van der Waals surface area contributed by atoms with Crippen molar-refractivity contribution in [2.45, 2.75) is 57.7 Å². The van der Waals surface area contributed by atoms with Gasteiger partial charge in [-0.15, -0.1) is 0 Å². The van der Waals surface area contributed by atoms with Gasteiger partial charge in [0.25, 0.3) is 0 Å². The second kappa shape index (κ2) is 3.97. The Balaban J connectivity index is 2.21. The summed E-state index contributed by atoms with van der Waals surface area (Å²) < 4.78 is 0. The normalized spacial score (nSPS) is 29.1. The van der Waals surface area contributed by atoms with Crippen LogP contribution in [0.2, 0.25) is 0 Å². The van der Waals surface area contributed by atoms with Gasteiger partial charge < -0.3 is 10.2 Å². The lowest BCUT2D eigenvalue weighted by Crippen LogP contribution is -2.56. The molecule has 2 heteroatoms. The van der Waals surface area contributed by atoms with Gasteiger partial charge in [-0.3, -0.25) is 0 Å². The fourth-order valence-corrected chi connectivity index (χ4v) is 1.78. The lowest BCUT2D eigenvalue weighted by atomic mass is 9.84. The second-order valence-electron chi connectivity index (χ2n) is 5.17. The molecule has 0 aromatic rings. The average Bonchev–Trinajstić information content (AvgIpc) is 1.95. The van der Waals surface area contributed by atoms with E-state index in [9.17, 15) is 0 Å². The molecule has 2 nitrogen and oxygen atoms in total. The molecular weight excluding hydrogens is 160 g/mol. The summed E-state index contributed by atoms with van der Waals surface area (Å²) in [6.07, 6.45) is 3.84. The van der Waals surface area contributed by atoms with Gasteiger partial charge >= 0.3 is 0 Å². The molecule has 0 spiro atoms. The van der Waals surface area contributed by atoms with Crippen LogP contribution in [0.3, 0.4) is 0 Å². The van der Waals surface area contributed by atoms with E-state index >= 15 is 0 Å². The molecule has 1 aliphatic rings. The molecule has 0 aromatic carbocycles. The SMILES string of the molecule is CCC(C)(C)N[C@H]1C[C@H](N(C)C)C1. The first kappa shape index (κ1) is 11.0. The van der Waals surface area contributed by atoms with Crippen LogP contribution in [-0.2, 0) is 0 Å². The maximum atomic E-state index is 3.70. The summed E-state index contributed by atoms with van der Waals surface area (Å²) in [5, 5.41) is 3.70. The van der Waals surface area contributed by atoms with Gasteiger partial charge in [-0.2, -0.15) is 0 Å². The van der Waals surface area contributed by atoms with E-state index in [-0.39, 0.29) is 0 Å². The maximum absolute atomic E-state index is 3.70. The van der Waals surface area contributed by atoms with Crippen molar-refractivity contribution in [1.29, 1.82) is 0 Å². The van der Waals surface area contributed by atoms with E-state index in [1.54, 1.807) is 0 Å². The Hall–Kier alpha value is -0.0800. The average molecular weight is 184 g/mol. The van der Waals surface area contributed by atoms with Gasteiger partial charge in [0, 0.05) is 17.6 Å². The van der Waals surface area contributed by atoms with E-state index < -0.39 is 0 Å². The third kappa shape index (κ3) is 2.96. The van der Waals surface area contributed by atoms with Crippen molar-refractivity contribution < 1.29 is 0 Å². The third-order valence-corrected chi connectivity index (χ3v) is 3.32. The van der Waals surface area contributed by atoms with Crippen LogP contribution in [0.25, 0.3) is 0 Å². The van der Waals surface area contributed by atoms with Crippen molar-refractivity contribution in [2.24, 2.45) is 0 Å². The molecule has 0 unspecified atom stereocenters. The van der Waals surface area contributed by atoms with E-state index in [0.29, 0.717) is 5.54 Å². The smallest absolute Gasteiger partial charge is 0.0125 e. The van der Waals surface area contributed by atoms with Gasteiger partial charge in [-0.25, -0.2) is 0 Å². The summed E-state index contributed by atoms with van der Waals surface area (Å²) in [4.78, 5) is 2.33. The zero-order valence-electron chi connectivity index (χ0n) is 9.72. The lowest BCUT2D eigenvalue weighted by molar-refractivity contribution is 0.123. The van der Waals surface area contributed by atoms with Crippen molar-refractivity contribution in [2.75, 3.05) is 14.1 Å². The first-order valence-electron chi connectivity index (χ1n) is 5.38. The van der Waals surface area contributed by atoms with Crippen molar-refractivity contribution in [3.8, 4) is 0 Å². The van der Waals surface area contributed by atoms with E-state index in [4.69, 9.17) is 0 Å². The van der Waals surface area contributed by atoms with Crippen LogP contribution < -0.4 is 5.32 Å². The Morgan fingerprint density at radius 3 is 2.23 bits per heavy atom. The van der Waals surface area contributed by atoms with Crippen LogP contribution in [0.15, 0.2) is 0 Å². The van der Waals surface area contributed by atoms with E-state index in [1.165, 1.54) is 19.3 Å². The lowest BCUT2D eigenvalue weighted by Gasteiger charge is -2.44. The molecule has 0 atom stereocenters. The largest absolute Gasteiger partial charge is 0.309 e. The summed E-state index contributed by atoms with van der Waals surface area (Å²) in [5.41, 5.74) is 0.321. The highest BCUT2D eigenvalue weighted by molar-refractivity contribution is 4.93. The number of hydrogen-bond acceptors (Lipinski definition) is 2. The molecule has 1 N–H and O–H groups in total. The Kier molecular flexibility index (Phi) is 3.36. The molecule has 1 saturated carbocycles. The molecule has 1 rings (SSSR count). The number of nitrogens with one attached hydrogen (secondary N) is 1. The fourth-order valence-electron chi connectivity index (χ4n) is 1.78. The first-order valence-corrected chi connectivity index (χ1v) is 5.38. The minimum absolute atomic E-state index is 0.321. The molecule has 0 bridgehead atoms. The minimum atomic E-state index is 0.321. The Bertz CT molecular complexity index is 157. The molecule has 0 heterocycles. The van der Waals surface area contributed by atoms with Crippen molar-refractivity contribution in [3.05, 3.63) is 0 Å². The van der Waals surface area contributed by atoms with Gasteiger partial charge in [0.05, 0.1) is 0 Å². The fraction of sp³-hybridized carbons (Fsp3) is 1.00. The molecule has 13 heavy (non-hydrogen) atoms. The highest BCUT2D eigenvalue weighted by Gasteiger charge is 2.33. The number of hydrogen-bond donors (Lipinski definition) is 1. The molecule has 0 aromatic heterocycles. The van der Waals surface area contributed by atoms with Gasteiger partial charge in [-0.1, -0.05) is 6.92 Å². The van der Waals surface area contributed by atoms with Crippen LogP contribution in [0.4, 0.5) is 0 Å². The Labute approximate surface area is 82.7 Å². The van der Waals surface area contributed by atoms with E-state index in [1.807, 2.05) is 0 Å². The Morgan fingerprint density at radius 1 is 1.31 bits per heavy atom. The van der Waals surface area contributed by atoms with Crippen LogP contribution in [0, 0.1) is 0 Å². The first-order chi connectivity index (χ1) is 5.94. The molecular formula is C11H24N2. The molecule has 1 aliphatic carbocycles. The van der Waals surface area contributed by atoms with Gasteiger partial charge in [-0.05, 0) is 47.2 Å². The second-order valence-corrected chi connectivity index (χ2v) is 5.17. The maximum Gasteiger partial charge on any atom is 0.0125 e. The number of rotatable bonds is 4. The number of nitrogens with zero attached hydrogens (tertiary/aromatic N) is 1. The van der Waals surface area contributed by atoms with Crippen LogP contribution >= 0.6 is 0 Å². The summed E-state index contributed by atoms with van der Waals surface area (Å²) in [6.45, 7) is 6.82. The third-order valence-electron chi connectivity index (χ3n) is 3.32. The molecule has 0 saturated heterocycles.